The van der Waals surface area contributed by atoms with Gasteiger partial charge in [0.1, 0.15) is 11.6 Å². The highest BCUT2D eigenvalue weighted by Crippen LogP contribution is 2.10. The topological polar surface area (TPSA) is 80.3 Å². The predicted molar refractivity (Wildman–Crippen MR) is 85.5 cm³/mol. The molecule has 122 valence electrons. The second-order valence-electron chi connectivity index (χ2n) is 6.07. The maximum atomic E-state index is 12.3. The van der Waals surface area contributed by atoms with E-state index in [2.05, 4.69) is 15.6 Å². The molecule has 0 fully saturated rings. The monoisotopic (exact) mass is 307 g/mol. The van der Waals surface area contributed by atoms with E-state index in [0.29, 0.717) is 12.1 Å². The summed E-state index contributed by atoms with van der Waals surface area (Å²) in [5.41, 5.74) is -0.000790. The zero-order chi connectivity index (χ0) is 16.6. The van der Waals surface area contributed by atoms with E-state index in [4.69, 9.17) is 4.74 Å². The van der Waals surface area contributed by atoms with Crippen LogP contribution in [-0.4, -0.2) is 28.6 Å². The van der Waals surface area contributed by atoms with Gasteiger partial charge in [0, 0.05) is 6.20 Å². The third kappa shape index (κ3) is 7.06. The number of pyridine rings is 1. The van der Waals surface area contributed by atoms with Gasteiger partial charge in [-0.2, -0.15) is 0 Å². The van der Waals surface area contributed by atoms with Crippen molar-refractivity contribution >= 4 is 17.7 Å². The molecule has 0 aliphatic rings. The molecule has 0 aromatic carbocycles. The number of aromatic nitrogens is 1. The molecule has 1 rings (SSSR count). The maximum Gasteiger partial charge on any atom is 0.408 e. The van der Waals surface area contributed by atoms with E-state index in [1.54, 1.807) is 45.3 Å². The van der Waals surface area contributed by atoms with Gasteiger partial charge < -0.3 is 15.4 Å². The van der Waals surface area contributed by atoms with E-state index >= 15 is 0 Å². The summed E-state index contributed by atoms with van der Waals surface area (Å²) in [5, 5.41) is 5.38. The molecule has 0 radical (unpaired) electrons. The summed E-state index contributed by atoms with van der Waals surface area (Å²) in [4.78, 5) is 28.1. The van der Waals surface area contributed by atoms with Crippen LogP contribution in [0.15, 0.2) is 24.5 Å². The number of ether oxygens (including phenoxy) is 1. The van der Waals surface area contributed by atoms with Crippen molar-refractivity contribution in [3.8, 4) is 0 Å². The van der Waals surface area contributed by atoms with Crippen LogP contribution >= 0.6 is 0 Å². The molecule has 22 heavy (non-hydrogen) atoms. The molecule has 1 aromatic heterocycles. The molecule has 6 nitrogen and oxygen atoms in total. The number of hydrogen-bond acceptors (Lipinski definition) is 4. The first-order valence-electron chi connectivity index (χ1n) is 7.52. The van der Waals surface area contributed by atoms with Gasteiger partial charge in [-0.1, -0.05) is 19.8 Å². The van der Waals surface area contributed by atoms with Gasteiger partial charge in [0.15, 0.2) is 0 Å². The van der Waals surface area contributed by atoms with E-state index < -0.39 is 17.7 Å². The smallest absolute Gasteiger partial charge is 0.408 e. The first kappa shape index (κ1) is 17.9. The number of nitrogens with one attached hydrogen (secondary N) is 2. The number of alkyl carbamates (subject to hydrolysis) is 1. The van der Waals surface area contributed by atoms with E-state index in [0.717, 1.165) is 12.8 Å². The molecule has 0 saturated carbocycles. The van der Waals surface area contributed by atoms with Gasteiger partial charge in [-0.3, -0.25) is 9.78 Å². The minimum atomic E-state index is -0.630. The molecule has 0 spiro atoms. The number of amides is 2. The number of anilines is 1. The zero-order valence-corrected chi connectivity index (χ0v) is 13.7. The van der Waals surface area contributed by atoms with Crippen LogP contribution in [-0.2, 0) is 9.53 Å². The fourth-order valence-electron chi connectivity index (χ4n) is 1.79. The van der Waals surface area contributed by atoms with Crippen molar-refractivity contribution in [2.75, 3.05) is 5.32 Å². The molecular weight excluding hydrogens is 282 g/mol. The second kappa shape index (κ2) is 8.36. The fourth-order valence-corrected chi connectivity index (χ4v) is 1.79. The predicted octanol–water partition coefficient (Wildman–Crippen LogP) is 3.10. The molecule has 0 saturated heterocycles. The summed E-state index contributed by atoms with van der Waals surface area (Å²) < 4.78 is 5.21. The Morgan fingerprint density at radius 3 is 2.64 bits per heavy atom. The highest BCUT2D eigenvalue weighted by atomic mass is 16.6. The molecule has 1 heterocycles. The van der Waals surface area contributed by atoms with Gasteiger partial charge in [-0.25, -0.2) is 4.79 Å². The Labute approximate surface area is 131 Å². The van der Waals surface area contributed by atoms with Crippen LogP contribution in [0.25, 0.3) is 0 Å². The molecule has 0 aliphatic carbocycles. The first-order chi connectivity index (χ1) is 10.3. The molecule has 6 heteroatoms. The summed E-state index contributed by atoms with van der Waals surface area (Å²) >= 11 is 0. The van der Waals surface area contributed by atoms with Crippen LogP contribution in [0.5, 0.6) is 0 Å². The number of carbonyl (C=O) groups is 2. The third-order valence-electron chi connectivity index (χ3n) is 2.78. The Kier molecular flexibility index (Phi) is 6.82. The highest BCUT2D eigenvalue weighted by Gasteiger charge is 2.24. The van der Waals surface area contributed by atoms with Gasteiger partial charge in [-0.05, 0) is 39.3 Å². The van der Waals surface area contributed by atoms with Gasteiger partial charge >= 0.3 is 6.09 Å². The van der Waals surface area contributed by atoms with Crippen molar-refractivity contribution in [1.29, 1.82) is 0 Å². The van der Waals surface area contributed by atoms with E-state index in [1.165, 1.54) is 0 Å². The molecule has 2 amide bonds. The van der Waals surface area contributed by atoms with Gasteiger partial charge in [0.2, 0.25) is 5.91 Å². The number of carbonyl (C=O) groups excluding carboxylic acids is 2. The van der Waals surface area contributed by atoms with Crippen LogP contribution < -0.4 is 10.6 Å². The SMILES string of the molecule is CCCCC(NC(=O)OC(C)(C)C)C(=O)Nc1cccnc1. The highest BCUT2D eigenvalue weighted by molar-refractivity contribution is 5.96. The molecule has 0 aliphatic heterocycles. The van der Waals surface area contributed by atoms with Gasteiger partial charge in [-0.15, -0.1) is 0 Å². The van der Waals surface area contributed by atoms with E-state index in [9.17, 15) is 9.59 Å². The lowest BCUT2D eigenvalue weighted by Gasteiger charge is -2.23. The molecule has 0 bridgehead atoms. The van der Waals surface area contributed by atoms with Crippen molar-refractivity contribution in [2.24, 2.45) is 0 Å². The zero-order valence-electron chi connectivity index (χ0n) is 13.7. The maximum absolute atomic E-state index is 12.3. The summed E-state index contributed by atoms with van der Waals surface area (Å²) in [6, 6.07) is 2.85. The summed E-state index contributed by atoms with van der Waals surface area (Å²) in [6.45, 7) is 7.37. The Morgan fingerprint density at radius 1 is 1.36 bits per heavy atom. The van der Waals surface area contributed by atoms with Crippen LogP contribution in [0.2, 0.25) is 0 Å². The Bertz CT molecular complexity index is 483. The van der Waals surface area contributed by atoms with Crippen LogP contribution in [0, 0.1) is 0 Å². The van der Waals surface area contributed by atoms with Crippen molar-refractivity contribution < 1.29 is 14.3 Å². The average Bonchev–Trinajstić information content (AvgIpc) is 2.42. The molecule has 1 atom stereocenters. The van der Waals surface area contributed by atoms with Gasteiger partial charge in [0.05, 0.1) is 11.9 Å². The number of unbranched alkanes of at least 4 members (excludes halogenated alkanes) is 1. The lowest BCUT2D eigenvalue weighted by molar-refractivity contribution is -0.118. The lowest BCUT2D eigenvalue weighted by Crippen LogP contribution is -2.45. The van der Waals surface area contributed by atoms with E-state index in [-0.39, 0.29) is 5.91 Å². The van der Waals surface area contributed by atoms with Crippen molar-refractivity contribution in [2.45, 2.75) is 58.6 Å². The number of rotatable bonds is 6. The fraction of sp³-hybridized carbons (Fsp3) is 0.562. The minimum Gasteiger partial charge on any atom is -0.444 e. The Morgan fingerprint density at radius 2 is 2.09 bits per heavy atom. The number of nitrogens with zero attached hydrogens (tertiary/aromatic N) is 1. The second-order valence-corrected chi connectivity index (χ2v) is 6.07. The molecule has 1 unspecified atom stereocenters. The van der Waals surface area contributed by atoms with E-state index in [1.807, 2.05) is 6.92 Å². The third-order valence-corrected chi connectivity index (χ3v) is 2.78. The van der Waals surface area contributed by atoms with Crippen LogP contribution in [0.4, 0.5) is 10.5 Å². The largest absolute Gasteiger partial charge is 0.444 e. The normalized spacial score (nSPS) is 12.4. The van der Waals surface area contributed by atoms with Crippen LogP contribution in [0.3, 0.4) is 0 Å². The molecule has 1 aromatic rings. The first-order valence-corrected chi connectivity index (χ1v) is 7.52. The minimum absolute atomic E-state index is 0.271. The van der Waals surface area contributed by atoms with Crippen molar-refractivity contribution in [3.05, 3.63) is 24.5 Å². The average molecular weight is 307 g/mol. The lowest BCUT2D eigenvalue weighted by atomic mass is 10.1. The quantitative estimate of drug-likeness (QED) is 0.846. The van der Waals surface area contributed by atoms with Crippen LogP contribution in [0.1, 0.15) is 47.0 Å². The van der Waals surface area contributed by atoms with Gasteiger partial charge in [0.25, 0.3) is 0 Å². The number of hydrogen-bond donors (Lipinski definition) is 2. The standard InChI is InChI=1S/C16H25N3O3/c1-5-6-9-13(19-15(21)22-16(2,3)4)14(20)18-12-8-7-10-17-11-12/h7-8,10-11,13H,5-6,9H2,1-4H3,(H,18,20)(H,19,21). The molecular formula is C16H25N3O3. The summed E-state index contributed by atoms with van der Waals surface area (Å²) in [5.74, 6) is -0.271. The summed E-state index contributed by atoms with van der Waals surface area (Å²) in [7, 11) is 0. The Hall–Kier alpha value is -2.11. The Balaban J connectivity index is 2.66. The summed E-state index contributed by atoms with van der Waals surface area (Å²) in [6.07, 6.45) is 4.93. The molecule has 2 N–H and O–H groups in total. The van der Waals surface area contributed by atoms with Crippen molar-refractivity contribution in [3.63, 3.8) is 0 Å². The van der Waals surface area contributed by atoms with Crippen molar-refractivity contribution in [1.82, 2.24) is 10.3 Å².